The molecule has 5 heteroatoms. The quantitative estimate of drug-likeness (QED) is 0.917. The maximum atomic E-state index is 6.17. The Labute approximate surface area is 124 Å². The van der Waals surface area contributed by atoms with Crippen LogP contribution in [0.2, 0.25) is 10.0 Å². The average molecular weight is 304 g/mol. The van der Waals surface area contributed by atoms with E-state index in [1.165, 1.54) is 0 Å². The summed E-state index contributed by atoms with van der Waals surface area (Å²) in [6.07, 6.45) is 0.892. The average Bonchev–Trinajstić information content (AvgIpc) is 2.36. The molecule has 1 aromatic carbocycles. The zero-order chi connectivity index (χ0) is 14.0. The third-order valence-corrected chi connectivity index (χ3v) is 3.89. The minimum Gasteiger partial charge on any atom is -0.492 e. The van der Waals surface area contributed by atoms with Crippen molar-refractivity contribution in [2.45, 2.75) is 31.9 Å². The predicted molar refractivity (Wildman–Crippen MR) is 78.4 cm³/mol. The van der Waals surface area contributed by atoms with Crippen LogP contribution in [-0.4, -0.2) is 25.9 Å². The largest absolute Gasteiger partial charge is 0.492 e. The van der Waals surface area contributed by atoms with Crippen molar-refractivity contribution in [3.8, 4) is 5.75 Å². The highest BCUT2D eigenvalue weighted by atomic mass is 35.5. The van der Waals surface area contributed by atoms with Gasteiger partial charge in [-0.1, -0.05) is 23.2 Å². The van der Waals surface area contributed by atoms with Crippen LogP contribution in [-0.2, 0) is 4.74 Å². The highest BCUT2D eigenvalue weighted by molar-refractivity contribution is 6.35. The Morgan fingerprint density at radius 1 is 1.42 bits per heavy atom. The minimum atomic E-state index is -0.208. The lowest BCUT2D eigenvalue weighted by molar-refractivity contribution is 0.0198. The zero-order valence-corrected chi connectivity index (χ0v) is 12.9. The Bertz CT molecular complexity index is 463. The summed E-state index contributed by atoms with van der Waals surface area (Å²) in [6, 6.07) is 3.82. The lowest BCUT2D eigenvalue weighted by atomic mass is 9.99. The highest BCUT2D eigenvalue weighted by Gasteiger charge is 2.26. The molecule has 0 saturated heterocycles. The second kappa shape index (κ2) is 5.88. The predicted octanol–water partition coefficient (Wildman–Crippen LogP) is 3.83. The molecule has 1 aliphatic rings. The fourth-order valence-electron chi connectivity index (χ4n) is 2.08. The summed E-state index contributed by atoms with van der Waals surface area (Å²) in [5, 5.41) is 4.70. The van der Waals surface area contributed by atoms with Crippen LogP contribution >= 0.6 is 23.2 Å². The molecule has 1 heterocycles. The van der Waals surface area contributed by atoms with E-state index in [4.69, 9.17) is 32.7 Å². The van der Waals surface area contributed by atoms with E-state index in [0.717, 1.165) is 24.3 Å². The van der Waals surface area contributed by atoms with E-state index in [2.05, 4.69) is 5.32 Å². The number of halogens is 2. The van der Waals surface area contributed by atoms with Gasteiger partial charge in [0.1, 0.15) is 5.75 Å². The van der Waals surface area contributed by atoms with E-state index in [-0.39, 0.29) is 11.6 Å². The number of nitrogens with one attached hydrogen (secondary N) is 1. The maximum absolute atomic E-state index is 6.17. The molecule has 0 spiro atoms. The van der Waals surface area contributed by atoms with E-state index in [9.17, 15) is 0 Å². The van der Waals surface area contributed by atoms with Gasteiger partial charge in [-0.05, 0) is 26.0 Å². The van der Waals surface area contributed by atoms with Crippen molar-refractivity contribution in [2.75, 3.05) is 20.3 Å². The summed E-state index contributed by atoms with van der Waals surface area (Å²) < 4.78 is 11.1. The molecule has 1 aromatic rings. The first-order valence-electron chi connectivity index (χ1n) is 6.33. The maximum Gasteiger partial charge on any atom is 0.142 e. The first kappa shape index (κ1) is 14.9. The first-order chi connectivity index (χ1) is 8.93. The lowest BCUT2D eigenvalue weighted by Gasteiger charge is -2.31. The molecule has 106 valence electrons. The molecular formula is C14H19Cl2NO2. The van der Waals surface area contributed by atoms with Crippen LogP contribution in [0.4, 0.5) is 0 Å². The normalized spacial score (nSPS) is 18.9. The number of benzene rings is 1. The topological polar surface area (TPSA) is 30.5 Å². The van der Waals surface area contributed by atoms with Crippen LogP contribution in [0.1, 0.15) is 31.9 Å². The van der Waals surface area contributed by atoms with Crippen molar-refractivity contribution in [3.63, 3.8) is 0 Å². The molecule has 0 fully saturated rings. The van der Waals surface area contributed by atoms with Gasteiger partial charge in [0.05, 0.1) is 17.2 Å². The van der Waals surface area contributed by atoms with Gasteiger partial charge in [-0.25, -0.2) is 0 Å². The molecule has 0 bridgehead atoms. The second-order valence-electron chi connectivity index (χ2n) is 5.34. The standard InChI is InChI=1S/C14H19Cl2NO2/c1-14(2,18-3)8-17-12-4-5-19-13-10(12)6-9(15)7-11(13)16/h6-7,12,17H,4-5,8H2,1-3H3. The molecule has 19 heavy (non-hydrogen) atoms. The molecule has 2 rings (SSSR count). The van der Waals surface area contributed by atoms with Crippen LogP contribution < -0.4 is 10.1 Å². The van der Waals surface area contributed by atoms with Crippen molar-refractivity contribution < 1.29 is 9.47 Å². The van der Waals surface area contributed by atoms with Crippen LogP contribution in [0.3, 0.4) is 0 Å². The van der Waals surface area contributed by atoms with E-state index >= 15 is 0 Å². The van der Waals surface area contributed by atoms with Gasteiger partial charge in [-0.15, -0.1) is 0 Å². The number of hydrogen-bond donors (Lipinski definition) is 1. The number of hydrogen-bond acceptors (Lipinski definition) is 3. The van der Waals surface area contributed by atoms with E-state index in [1.807, 2.05) is 19.9 Å². The molecule has 3 nitrogen and oxygen atoms in total. The summed E-state index contributed by atoms with van der Waals surface area (Å²) in [7, 11) is 1.72. The Morgan fingerprint density at radius 3 is 2.84 bits per heavy atom. The summed E-state index contributed by atoms with van der Waals surface area (Å²) >= 11 is 12.2. The third-order valence-electron chi connectivity index (χ3n) is 3.39. The van der Waals surface area contributed by atoms with Gasteiger partial charge in [0.25, 0.3) is 0 Å². The van der Waals surface area contributed by atoms with Gasteiger partial charge in [0, 0.05) is 36.7 Å². The number of ether oxygens (including phenoxy) is 2. The van der Waals surface area contributed by atoms with Gasteiger partial charge < -0.3 is 14.8 Å². The van der Waals surface area contributed by atoms with Gasteiger partial charge in [0.2, 0.25) is 0 Å². The summed E-state index contributed by atoms with van der Waals surface area (Å²) in [4.78, 5) is 0. The van der Waals surface area contributed by atoms with Gasteiger partial charge in [-0.2, -0.15) is 0 Å². The SMILES string of the molecule is COC(C)(C)CNC1CCOc2c(Cl)cc(Cl)cc21. The molecule has 0 radical (unpaired) electrons. The molecular weight excluding hydrogens is 285 g/mol. The highest BCUT2D eigenvalue weighted by Crippen LogP contribution is 2.40. The molecule has 1 unspecified atom stereocenters. The summed E-state index contributed by atoms with van der Waals surface area (Å²) in [5.41, 5.74) is 0.816. The summed E-state index contributed by atoms with van der Waals surface area (Å²) in [6.45, 7) is 5.49. The van der Waals surface area contributed by atoms with E-state index < -0.39 is 0 Å². The molecule has 0 aliphatic carbocycles. The number of rotatable bonds is 4. The van der Waals surface area contributed by atoms with Crippen LogP contribution in [0.5, 0.6) is 5.75 Å². The minimum absolute atomic E-state index is 0.189. The Hall–Kier alpha value is -0.480. The van der Waals surface area contributed by atoms with Crippen LogP contribution in [0, 0.1) is 0 Å². The molecule has 1 N–H and O–H groups in total. The van der Waals surface area contributed by atoms with Gasteiger partial charge in [0.15, 0.2) is 0 Å². The number of fused-ring (bicyclic) bond motifs is 1. The van der Waals surface area contributed by atoms with Crippen molar-refractivity contribution >= 4 is 23.2 Å². The monoisotopic (exact) mass is 303 g/mol. The van der Waals surface area contributed by atoms with Gasteiger partial charge in [-0.3, -0.25) is 0 Å². The van der Waals surface area contributed by atoms with Crippen molar-refractivity contribution in [1.82, 2.24) is 5.32 Å². The van der Waals surface area contributed by atoms with Crippen LogP contribution in [0.25, 0.3) is 0 Å². The lowest BCUT2D eigenvalue weighted by Crippen LogP contribution is -2.39. The Morgan fingerprint density at radius 2 is 2.16 bits per heavy atom. The molecule has 1 atom stereocenters. The van der Waals surface area contributed by atoms with Crippen molar-refractivity contribution in [3.05, 3.63) is 27.7 Å². The Balaban J connectivity index is 2.18. The Kier molecular flexibility index (Phi) is 4.62. The fraction of sp³-hybridized carbons (Fsp3) is 0.571. The third kappa shape index (κ3) is 3.54. The summed E-state index contributed by atoms with van der Waals surface area (Å²) in [5.74, 6) is 0.741. The van der Waals surface area contributed by atoms with Crippen LogP contribution in [0.15, 0.2) is 12.1 Å². The zero-order valence-electron chi connectivity index (χ0n) is 11.4. The molecule has 0 saturated carbocycles. The van der Waals surface area contributed by atoms with E-state index in [1.54, 1.807) is 13.2 Å². The molecule has 0 amide bonds. The van der Waals surface area contributed by atoms with Crippen molar-refractivity contribution in [1.29, 1.82) is 0 Å². The number of methoxy groups -OCH3 is 1. The van der Waals surface area contributed by atoms with Gasteiger partial charge >= 0.3 is 0 Å². The molecule has 1 aliphatic heterocycles. The second-order valence-corrected chi connectivity index (χ2v) is 6.18. The van der Waals surface area contributed by atoms with E-state index in [0.29, 0.717) is 16.7 Å². The molecule has 0 aromatic heterocycles. The smallest absolute Gasteiger partial charge is 0.142 e. The first-order valence-corrected chi connectivity index (χ1v) is 7.09. The fourth-order valence-corrected chi connectivity index (χ4v) is 2.64. The van der Waals surface area contributed by atoms with Crippen molar-refractivity contribution in [2.24, 2.45) is 0 Å².